The molecule has 8 heteroatoms. The lowest BCUT2D eigenvalue weighted by molar-refractivity contribution is -0.141. The second-order valence-corrected chi connectivity index (χ2v) is 8.61. The van der Waals surface area contributed by atoms with E-state index in [1.807, 2.05) is 30.3 Å². The maximum Gasteiger partial charge on any atom is 0.287 e. The summed E-state index contributed by atoms with van der Waals surface area (Å²) in [5.41, 5.74) is 1.31. The molecule has 0 saturated heterocycles. The molecule has 3 amide bonds. The molecule has 7 nitrogen and oxygen atoms in total. The Morgan fingerprint density at radius 3 is 2.34 bits per heavy atom. The van der Waals surface area contributed by atoms with Crippen LogP contribution in [0.4, 0.5) is 4.39 Å². The molecule has 1 aliphatic rings. The molecule has 0 spiro atoms. The number of benzene rings is 2. The van der Waals surface area contributed by atoms with E-state index in [0.717, 1.165) is 31.2 Å². The Hall–Kier alpha value is -3.94. The van der Waals surface area contributed by atoms with Gasteiger partial charge in [0.05, 0.1) is 12.8 Å². The van der Waals surface area contributed by atoms with Gasteiger partial charge in [0.2, 0.25) is 11.8 Å². The van der Waals surface area contributed by atoms with E-state index in [2.05, 4.69) is 10.6 Å². The Morgan fingerprint density at radius 1 is 0.971 bits per heavy atom. The van der Waals surface area contributed by atoms with Crippen LogP contribution in [0, 0.1) is 5.82 Å². The molecule has 1 atom stereocenters. The number of rotatable bonds is 9. The molecular weight excluding hydrogens is 449 g/mol. The van der Waals surface area contributed by atoms with Crippen molar-refractivity contribution in [1.82, 2.24) is 15.5 Å². The number of halogens is 1. The van der Waals surface area contributed by atoms with Crippen LogP contribution in [0.25, 0.3) is 0 Å². The molecular formula is C27H28FN3O4. The van der Waals surface area contributed by atoms with Crippen molar-refractivity contribution in [3.05, 3.63) is 95.7 Å². The highest BCUT2D eigenvalue weighted by Gasteiger charge is 2.33. The fourth-order valence-corrected chi connectivity index (χ4v) is 4.32. The minimum Gasteiger partial charge on any atom is -0.459 e. The Labute approximate surface area is 203 Å². The second-order valence-electron chi connectivity index (χ2n) is 8.61. The molecule has 1 aliphatic carbocycles. The van der Waals surface area contributed by atoms with Crippen LogP contribution in [0.1, 0.15) is 53.4 Å². The fraction of sp³-hybridized carbons (Fsp3) is 0.296. The third-order valence-corrected chi connectivity index (χ3v) is 6.11. The third kappa shape index (κ3) is 6.35. The summed E-state index contributed by atoms with van der Waals surface area (Å²) >= 11 is 0. The standard InChI is InChI=1S/C27H28FN3O4/c28-21-14-12-20(13-15-21)25(27(34)30-22-9-4-5-10-22)31(18-19-7-2-1-3-8-19)24(32)17-29-26(33)23-11-6-16-35-23/h1-3,6-8,11-16,22,25H,4-5,9-10,17-18H2,(H,29,33)(H,30,34)/t25-/m1/s1. The van der Waals surface area contributed by atoms with Crippen molar-refractivity contribution in [2.75, 3.05) is 6.54 Å². The molecule has 182 valence electrons. The zero-order valence-corrected chi connectivity index (χ0v) is 19.3. The number of hydrogen-bond acceptors (Lipinski definition) is 4. The van der Waals surface area contributed by atoms with Gasteiger partial charge in [0.15, 0.2) is 5.76 Å². The van der Waals surface area contributed by atoms with Crippen molar-refractivity contribution in [3.8, 4) is 0 Å². The molecule has 2 N–H and O–H groups in total. The van der Waals surface area contributed by atoms with Gasteiger partial charge < -0.3 is 20.0 Å². The van der Waals surface area contributed by atoms with Gasteiger partial charge in [0.1, 0.15) is 11.9 Å². The highest BCUT2D eigenvalue weighted by atomic mass is 19.1. The van der Waals surface area contributed by atoms with Gasteiger partial charge in [-0.05, 0) is 48.2 Å². The minimum absolute atomic E-state index is 0.0396. The van der Waals surface area contributed by atoms with Crippen LogP contribution in [-0.2, 0) is 16.1 Å². The molecule has 1 fully saturated rings. The highest BCUT2D eigenvalue weighted by Crippen LogP contribution is 2.26. The van der Waals surface area contributed by atoms with Gasteiger partial charge in [-0.2, -0.15) is 0 Å². The lowest BCUT2D eigenvalue weighted by atomic mass is 10.0. The first-order valence-corrected chi connectivity index (χ1v) is 11.7. The molecule has 1 heterocycles. The molecule has 0 bridgehead atoms. The van der Waals surface area contributed by atoms with Crippen molar-refractivity contribution in [2.24, 2.45) is 0 Å². The number of nitrogens with zero attached hydrogens (tertiary/aromatic N) is 1. The predicted octanol–water partition coefficient (Wildman–Crippen LogP) is 3.98. The van der Waals surface area contributed by atoms with Crippen molar-refractivity contribution >= 4 is 17.7 Å². The zero-order chi connectivity index (χ0) is 24.6. The van der Waals surface area contributed by atoms with Gasteiger partial charge >= 0.3 is 0 Å². The second kappa shape index (κ2) is 11.5. The number of carbonyl (C=O) groups excluding carboxylic acids is 3. The van der Waals surface area contributed by atoms with Crippen molar-refractivity contribution in [3.63, 3.8) is 0 Å². The maximum atomic E-state index is 13.7. The van der Waals surface area contributed by atoms with Gasteiger partial charge in [-0.1, -0.05) is 55.3 Å². The Bertz CT molecular complexity index is 1130. The summed E-state index contributed by atoms with van der Waals surface area (Å²) in [6.45, 7) is -0.197. The SMILES string of the molecule is O=C(NCC(=O)N(Cc1ccccc1)[C@@H](C(=O)NC1CCCC1)c1ccc(F)cc1)c1ccco1. The van der Waals surface area contributed by atoms with E-state index in [0.29, 0.717) is 5.56 Å². The summed E-state index contributed by atoms with van der Waals surface area (Å²) in [4.78, 5) is 40.8. The monoisotopic (exact) mass is 477 g/mol. The zero-order valence-electron chi connectivity index (χ0n) is 19.3. The molecule has 3 aromatic rings. The molecule has 4 rings (SSSR count). The Kier molecular flexibility index (Phi) is 7.92. The fourth-order valence-electron chi connectivity index (χ4n) is 4.32. The normalized spacial score (nSPS) is 14.3. The van der Waals surface area contributed by atoms with Crippen molar-refractivity contribution < 1.29 is 23.2 Å². The van der Waals surface area contributed by atoms with Crippen LogP contribution in [0.2, 0.25) is 0 Å². The summed E-state index contributed by atoms with van der Waals surface area (Å²) in [6, 6.07) is 17.0. The number of hydrogen-bond donors (Lipinski definition) is 2. The largest absolute Gasteiger partial charge is 0.459 e. The lowest BCUT2D eigenvalue weighted by Crippen LogP contribution is -2.48. The number of amides is 3. The van der Waals surface area contributed by atoms with Crippen LogP contribution in [0.3, 0.4) is 0 Å². The topological polar surface area (TPSA) is 91.7 Å². The highest BCUT2D eigenvalue weighted by molar-refractivity contribution is 5.95. The van der Waals surface area contributed by atoms with Gasteiger partial charge in [0, 0.05) is 12.6 Å². The summed E-state index contributed by atoms with van der Waals surface area (Å²) < 4.78 is 18.8. The first kappa shape index (κ1) is 24.2. The van der Waals surface area contributed by atoms with Crippen molar-refractivity contribution in [1.29, 1.82) is 0 Å². The van der Waals surface area contributed by atoms with Gasteiger partial charge in [-0.3, -0.25) is 14.4 Å². The van der Waals surface area contributed by atoms with Crippen LogP contribution in [-0.4, -0.2) is 35.2 Å². The summed E-state index contributed by atoms with van der Waals surface area (Å²) in [5.74, 6) is -1.66. The average Bonchev–Trinajstić information content (AvgIpc) is 3.58. The summed E-state index contributed by atoms with van der Waals surface area (Å²) in [5, 5.41) is 5.63. The lowest BCUT2D eigenvalue weighted by Gasteiger charge is -2.32. The van der Waals surface area contributed by atoms with Crippen molar-refractivity contribution in [2.45, 2.75) is 44.3 Å². The van der Waals surface area contributed by atoms with E-state index in [1.165, 1.54) is 41.5 Å². The van der Waals surface area contributed by atoms with Crippen LogP contribution < -0.4 is 10.6 Å². The van der Waals surface area contributed by atoms with Crippen LogP contribution in [0.5, 0.6) is 0 Å². The van der Waals surface area contributed by atoms with Gasteiger partial charge in [-0.15, -0.1) is 0 Å². The van der Waals surface area contributed by atoms with Gasteiger partial charge in [0.25, 0.3) is 5.91 Å². The Balaban J connectivity index is 1.62. The van der Waals surface area contributed by atoms with Gasteiger partial charge in [-0.25, -0.2) is 4.39 Å². The van der Waals surface area contributed by atoms with Crippen LogP contribution >= 0.6 is 0 Å². The Morgan fingerprint density at radius 2 is 1.69 bits per heavy atom. The third-order valence-electron chi connectivity index (χ3n) is 6.11. The summed E-state index contributed by atoms with van der Waals surface area (Å²) in [6.07, 6.45) is 5.22. The first-order valence-electron chi connectivity index (χ1n) is 11.7. The number of carbonyl (C=O) groups is 3. The predicted molar refractivity (Wildman–Crippen MR) is 128 cm³/mol. The van der Waals surface area contributed by atoms with Crippen LogP contribution in [0.15, 0.2) is 77.4 Å². The molecule has 0 aliphatic heterocycles. The molecule has 0 unspecified atom stereocenters. The first-order chi connectivity index (χ1) is 17.0. The molecule has 2 aromatic carbocycles. The molecule has 0 radical (unpaired) electrons. The van der Waals surface area contributed by atoms with E-state index in [4.69, 9.17) is 4.42 Å². The summed E-state index contributed by atoms with van der Waals surface area (Å²) in [7, 11) is 0. The molecule has 35 heavy (non-hydrogen) atoms. The number of nitrogens with one attached hydrogen (secondary N) is 2. The van der Waals surface area contributed by atoms with E-state index < -0.39 is 23.7 Å². The van der Waals surface area contributed by atoms with E-state index in [9.17, 15) is 18.8 Å². The average molecular weight is 478 g/mol. The van der Waals surface area contributed by atoms with E-state index in [-0.39, 0.29) is 30.8 Å². The smallest absolute Gasteiger partial charge is 0.287 e. The quantitative estimate of drug-likeness (QED) is 0.488. The maximum absolute atomic E-state index is 13.7. The molecule has 1 saturated carbocycles. The molecule has 1 aromatic heterocycles. The van der Waals surface area contributed by atoms with E-state index in [1.54, 1.807) is 6.07 Å². The minimum atomic E-state index is -0.996. The number of furan rings is 1. The van der Waals surface area contributed by atoms with E-state index >= 15 is 0 Å².